The van der Waals surface area contributed by atoms with Gasteiger partial charge in [0, 0.05) is 24.8 Å². The van der Waals surface area contributed by atoms with E-state index in [9.17, 15) is 18.0 Å². The molecule has 0 unspecified atom stereocenters. The van der Waals surface area contributed by atoms with E-state index in [-0.39, 0.29) is 41.0 Å². The number of benzene rings is 2. The Labute approximate surface area is 187 Å². The van der Waals surface area contributed by atoms with Crippen LogP contribution in [0, 0.1) is 6.92 Å². The van der Waals surface area contributed by atoms with E-state index >= 15 is 0 Å². The van der Waals surface area contributed by atoms with Crippen LogP contribution >= 0.6 is 0 Å². The quantitative estimate of drug-likeness (QED) is 0.690. The summed E-state index contributed by atoms with van der Waals surface area (Å²) in [5, 5.41) is 0. The summed E-state index contributed by atoms with van der Waals surface area (Å²) >= 11 is 0. The van der Waals surface area contributed by atoms with E-state index in [0.29, 0.717) is 12.2 Å². The van der Waals surface area contributed by atoms with Gasteiger partial charge >= 0.3 is 0 Å². The number of anilines is 1. The maximum Gasteiger partial charge on any atom is 0.241 e. The molecular weight excluding hydrogens is 432 g/mol. The number of aryl methyl sites for hydroxylation is 1. The number of sulfonamides is 1. The lowest BCUT2D eigenvalue weighted by molar-refractivity contribution is -0.121. The van der Waals surface area contributed by atoms with Crippen LogP contribution in [0.5, 0.6) is 11.5 Å². The van der Waals surface area contributed by atoms with E-state index in [4.69, 9.17) is 9.47 Å². The number of methoxy groups -OCH3 is 1. The smallest absolute Gasteiger partial charge is 0.241 e. The first-order chi connectivity index (χ1) is 15.0. The summed E-state index contributed by atoms with van der Waals surface area (Å²) in [4.78, 5) is 25.4. The van der Waals surface area contributed by atoms with E-state index in [2.05, 4.69) is 4.72 Å². The molecule has 0 aromatic heterocycles. The Bertz CT molecular complexity index is 1190. The highest BCUT2D eigenvalue weighted by Gasteiger charge is 2.37. The summed E-state index contributed by atoms with van der Waals surface area (Å²) in [5.74, 6) is 0.127. The Hall–Kier alpha value is -2.91. The molecule has 0 saturated carbocycles. The number of carbonyl (C=O) groups excluding carboxylic acids is 2. The lowest BCUT2D eigenvalue weighted by Crippen LogP contribution is -2.41. The van der Waals surface area contributed by atoms with Crippen LogP contribution in [0.25, 0.3) is 0 Å². The van der Waals surface area contributed by atoms with E-state index in [1.807, 2.05) is 39.0 Å². The third-order valence-corrected chi connectivity index (χ3v) is 7.14. The maximum absolute atomic E-state index is 13.4. The van der Waals surface area contributed by atoms with E-state index < -0.39 is 21.7 Å². The fourth-order valence-electron chi connectivity index (χ4n) is 4.19. The third-order valence-electron chi connectivity index (χ3n) is 5.67. The number of amides is 2. The van der Waals surface area contributed by atoms with Gasteiger partial charge in [-0.1, -0.05) is 17.7 Å². The zero-order valence-electron chi connectivity index (χ0n) is 18.5. The van der Waals surface area contributed by atoms with E-state index in [1.165, 1.54) is 25.3 Å². The Morgan fingerprint density at radius 3 is 2.44 bits per heavy atom. The molecule has 2 aliphatic heterocycles. The molecule has 2 amide bonds. The number of nitrogens with one attached hydrogen (secondary N) is 1. The number of fused-ring (bicyclic) bond motifs is 1. The Kier molecular flexibility index (Phi) is 5.50. The largest absolute Gasteiger partial charge is 0.495 e. The summed E-state index contributed by atoms with van der Waals surface area (Å²) in [5.41, 5.74) is 1.33. The average Bonchev–Trinajstić information content (AvgIpc) is 3.05. The van der Waals surface area contributed by atoms with Gasteiger partial charge in [0.25, 0.3) is 0 Å². The number of hydrogen-bond acceptors (Lipinski definition) is 6. The van der Waals surface area contributed by atoms with Gasteiger partial charge in [-0.2, -0.15) is 0 Å². The summed E-state index contributed by atoms with van der Waals surface area (Å²) in [6.07, 6.45) is 0.615. The minimum absolute atomic E-state index is 0.0562. The van der Waals surface area contributed by atoms with Gasteiger partial charge in [-0.15, -0.1) is 0 Å². The van der Waals surface area contributed by atoms with Crippen LogP contribution in [0.3, 0.4) is 0 Å². The summed E-state index contributed by atoms with van der Waals surface area (Å²) in [6.45, 7) is 5.76. The van der Waals surface area contributed by atoms with Gasteiger partial charge in [-0.3, -0.25) is 9.59 Å². The number of hydrogen-bond donors (Lipinski definition) is 1. The molecule has 0 bridgehead atoms. The molecule has 2 aromatic carbocycles. The van der Waals surface area contributed by atoms with Crippen LogP contribution in [0.4, 0.5) is 5.69 Å². The monoisotopic (exact) mass is 458 g/mol. The summed E-state index contributed by atoms with van der Waals surface area (Å²) in [7, 11) is -2.59. The van der Waals surface area contributed by atoms with Crippen molar-refractivity contribution in [3.05, 3.63) is 47.5 Å². The average molecular weight is 459 g/mol. The van der Waals surface area contributed by atoms with Crippen LogP contribution in [0.1, 0.15) is 50.3 Å². The molecule has 2 heterocycles. The zero-order chi connectivity index (χ0) is 23.3. The zero-order valence-corrected chi connectivity index (χ0v) is 19.3. The first-order valence-electron chi connectivity index (χ1n) is 10.4. The van der Waals surface area contributed by atoms with Crippen LogP contribution in [-0.4, -0.2) is 32.9 Å². The molecule has 1 atom stereocenters. The standard InChI is InChI=1S/C23H26N2O6S/c1-14-5-7-19-16(11-14)17(13-23(2,3)31-19)24-32(28,29)15-6-8-20(30-4)18(12-15)25-21(26)9-10-22(25)27/h5-8,11-12,17,24H,9-10,13H2,1-4H3/t17-/m1/s1. The molecule has 32 heavy (non-hydrogen) atoms. The molecule has 1 N–H and O–H groups in total. The molecule has 170 valence electrons. The maximum atomic E-state index is 13.4. The van der Waals surface area contributed by atoms with Crippen molar-refractivity contribution in [2.24, 2.45) is 0 Å². The minimum Gasteiger partial charge on any atom is -0.495 e. The second-order valence-electron chi connectivity index (χ2n) is 8.74. The highest BCUT2D eigenvalue weighted by atomic mass is 32.2. The molecular formula is C23H26N2O6S. The molecule has 0 aliphatic carbocycles. The van der Waals surface area contributed by atoms with Gasteiger partial charge in [-0.05, 0) is 45.0 Å². The van der Waals surface area contributed by atoms with Gasteiger partial charge in [0.1, 0.15) is 17.1 Å². The number of nitrogens with zero attached hydrogens (tertiary/aromatic N) is 1. The van der Waals surface area contributed by atoms with Crippen molar-refractivity contribution in [3.8, 4) is 11.5 Å². The van der Waals surface area contributed by atoms with Crippen molar-refractivity contribution in [2.75, 3.05) is 12.0 Å². The summed E-state index contributed by atoms with van der Waals surface area (Å²) < 4.78 is 40.8. The lowest BCUT2D eigenvalue weighted by atomic mass is 9.89. The SMILES string of the molecule is COc1ccc(S(=O)(=O)N[C@@H]2CC(C)(C)Oc3ccc(C)cc32)cc1N1C(=O)CCC1=O. The fourth-order valence-corrected chi connectivity index (χ4v) is 5.43. The fraction of sp³-hybridized carbons (Fsp3) is 0.391. The van der Waals surface area contributed by atoms with Crippen molar-refractivity contribution in [2.45, 2.75) is 56.6 Å². The van der Waals surface area contributed by atoms with Crippen molar-refractivity contribution in [1.29, 1.82) is 0 Å². The molecule has 0 spiro atoms. The van der Waals surface area contributed by atoms with Crippen molar-refractivity contribution in [1.82, 2.24) is 4.72 Å². The summed E-state index contributed by atoms with van der Waals surface area (Å²) in [6, 6.07) is 9.35. The van der Waals surface area contributed by atoms with Crippen molar-refractivity contribution < 1.29 is 27.5 Å². The van der Waals surface area contributed by atoms with Gasteiger partial charge in [0.15, 0.2) is 0 Å². The normalized spacial score (nSPS) is 20.1. The highest BCUT2D eigenvalue weighted by molar-refractivity contribution is 7.89. The predicted molar refractivity (Wildman–Crippen MR) is 118 cm³/mol. The number of carbonyl (C=O) groups is 2. The molecule has 1 fully saturated rings. The molecule has 2 aliphatic rings. The minimum atomic E-state index is -3.99. The van der Waals surface area contributed by atoms with Crippen LogP contribution in [-0.2, 0) is 19.6 Å². The van der Waals surface area contributed by atoms with Gasteiger partial charge in [0.05, 0.1) is 23.7 Å². The molecule has 0 radical (unpaired) electrons. The van der Waals surface area contributed by atoms with Gasteiger partial charge < -0.3 is 9.47 Å². The lowest BCUT2D eigenvalue weighted by Gasteiger charge is -2.38. The number of rotatable bonds is 5. The predicted octanol–water partition coefficient (Wildman–Crippen LogP) is 3.24. The highest BCUT2D eigenvalue weighted by Crippen LogP contribution is 2.41. The van der Waals surface area contributed by atoms with Crippen LogP contribution in [0.2, 0.25) is 0 Å². The van der Waals surface area contributed by atoms with Gasteiger partial charge in [0.2, 0.25) is 21.8 Å². The number of ether oxygens (including phenoxy) is 2. The molecule has 9 heteroatoms. The molecule has 2 aromatic rings. The first-order valence-corrected chi connectivity index (χ1v) is 11.8. The Morgan fingerprint density at radius 1 is 1.09 bits per heavy atom. The molecule has 1 saturated heterocycles. The van der Waals surface area contributed by atoms with Crippen LogP contribution < -0.4 is 19.1 Å². The van der Waals surface area contributed by atoms with Crippen molar-refractivity contribution in [3.63, 3.8) is 0 Å². The Balaban J connectivity index is 1.72. The second kappa shape index (κ2) is 7.90. The Morgan fingerprint density at radius 2 is 1.78 bits per heavy atom. The second-order valence-corrected chi connectivity index (χ2v) is 10.5. The topological polar surface area (TPSA) is 102 Å². The number of imide groups is 1. The molecule has 4 rings (SSSR count). The van der Waals surface area contributed by atoms with E-state index in [1.54, 1.807) is 0 Å². The van der Waals surface area contributed by atoms with Crippen LogP contribution in [0.15, 0.2) is 41.3 Å². The van der Waals surface area contributed by atoms with E-state index in [0.717, 1.165) is 16.0 Å². The van der Waals surface area contributed by atoms with Crippen molar-refractivity contribution >= 4 is 27.5 Å². The van der Waals surface area contributed by atoms with Gasteiger partial charge in [-0.25, -0.2) is 18.0 Å². The third kappa shape index (κ3) is 4.10. The first kappa shape index (κ1) is 22.3. The molecule has 8 nitrogen and oxygen atoms in total.